The van der Waals surface area contributed by atoms with Gasteiger partial charge >= 0.3 is 0 Å². The zero-order chi connectivity index (χ0) is 16.2. The molecule has 0 aromatic heterocycles. The molecule has 1 heterocycles. The number of hydrogen-bond donors (Lipinski definition) is 0. The largest absolute Gasteiger partial charge is 0.486 e. The van der Waals surface area contributed by atoms with E-state index in [2.05, 4.69) is 0 Å². The van der Waals surface area contributed by atoms with Gasteiger partial charge in [0.1, 0.15) is 18.5 Å². The summed E-state index contributed by atoms with van der Waals surface area (Å²) in [6.07, 6.45) is 0. The first-order chi connectivity index (χ1) is 11.1. The number of carbonyl (C=O) groups is 1. The van der Waals surface area contributed by atoms with Crippen molar-refractivity contribution in [2.45, 2.75) is 10.1 Å². The summed E-state index contributed by atoms with van der Waals surface area (Å²) in [6.45, 7) is 1.13. The maximum atomic E-state index is 12.6. The highest BCUT2D eigenvalue weighted by molar-refractivity contribution is 8.00. The van der Waals surface area contributed by atoms with E-state index in [0.29, 0.717) is 13.2 Å². The van der Waals surface area contributed by atoms with E-state index in [1.54, 1.807) is 19.0 Å². The van der Waals surface area contributed by atoms with Gasteiger partial charge in [-0.1, -0.05) is 30.3 Å². The first-order valence-electron chi connectivity index (χ1n) is 7.47. The zero-order valence-corrected chi connectivity index (χ0v) is 14.0. The highest BCUT2D eigenvalue weighted by Crippen LogP contribution is 2.40. The van der Waals surface area contributed by atoms with Crippen LogP contribution < -0.4 is 9.47 Å². The number of rotatable bonds is 4. The predicted octanol–water partition coefficient (Wildman–Crippen LogP) is 3.38. The molecule has 1 atom stereocenters. The van der Waals surface area contributed by atoms with Crippen molar-refractivity contribution in [1.29, 1.82) is 0 Å². The summed E-state index contributed by atoms with van der Waals surface area (Å²) in [4.78, 5) is 15.2. The minimum Gasteiger partial charge on any atom is -0.486 e. The van der Waals surface area contributed by atoms with Crippen molar-refractivity contribution in [2.24, 2.45) is 0 Å². The van der Waals surface area contributed by atoms with Crippen LogP contribution in [0, 0.1) is 0 Å². The van der Waals surface area contributed by atoms with E-state index in [9.17, 15) is 4.79 Å². The average molecular weight is 329 g/mol. The fraction of sp³-hybridized carbons (Fsp3) is 0.278. The number of carbonyl (C=O) groups excluding carboxylic acids is 1. The molecule has 120 valence electrons. The van der Waals surface area contributed by atoms with Gasteiger partial charge in [-0.2, -0.15) is 0 Å². The molecule has 1 aliphatic heterocycles. The molecule has 0 N–H and O–H groups in total. The van der Waals surface area contributed by atoms with Gasteiger partial charge in [0, 0.05) is 19.0 Å². The molecule has 2 aromatic rings. The van der Waals surface area contributed by atoms with Crippen LogP contribution in [0.5, 0.6) is 11.5 Å². The number of thioether (sulfide) groups is 1. The monoisotopic (exact) mass is 329 g/mol. The van der Waals surface area contributed by atoms with Crippen molar-refractivity contribution in [3.05, 3.63) is 54.1 Å². The Morgan fingerprint density at radius 2 is 1.74 bits per heavy atom. The van der Waals surface area contributed by atoms with E-state index < -0.39 is 0 Å². The van der Waals surface area contributed by atoms with E-state index in [1.807, 2.05) is 48.5 Å². The van der Waals surface area contributed by atoms with Crippen LogP contribution in [0.25, 0.3) is 0 Å². The lowest BCUT2D eigenvalue weighted by Gasteiger charge is -2.22. The standard InChI is InChI=1S/C18H19NO3S/c1-19(2)18(20)17(13-6-4-3-5-7-13)23-14-8-9-15-16(12-14)22-11-10-21-15/h3-9,12,17H,10-11H2,1-2H3/t17-/m0/s1. The molecule has 1 aliphatic rings. The van der Waals surface area contributed by atoms with Gasteiger partial charge in [0.15, 0.2) is 11.5 Å². The van der Waals surface area contributed by atoms with Crippen LogP contribution in [0.3, 0.4) is 0 Å². The maximum Gasteiger partial charge on any atom is 0.240 e. The molecule has 0 radical (unpaired) electrons. The maximum absolute atomic E-state index is 12.6. The molecule has 3 rings (SSSR count). The van der Waals surface area contributed by atoms with Crippen LogP contribution in [0.15, 0.2) is 53.4 Å². The summed E-state index contributed by atoms with van der Waals surface area (Å²) in [7, 11) is 3.56. The molecular formula is C18H19NO3S. The third-order valence-electron chi connectivity index (χ3n) is 3.53. The molecule has 23 heavy (non-hydrogen) atoms. The second-order valence-corrected chi connectivity index (χ2v) is 6.63. The number of likely N-dealkylation sites (N-methyl/N-ethyl adjacent to an activating group) is 1. The Hall–Kier alpha value is -2.14. The van der Waals surface area contributed by atoms with Crippen LogP contribution in [0.4, 0.5) is 0 Å². The van der Waals surface area contributed by atoms with Gasteiger partial charge in [-0.25, -0.2) is 0 Å². The van der Waals surface area contributed by atoms with Gasteiger partial charge in [-0.15, -0.1) is 11.8 Å². The molecule has 0 spiro atoms. The zero-order valence-electron chi connectivity index (χ0n) is 13.2. The highest BCUT2D eigenvalue weighted by atomic mass is 32.2. The Kier molecular flexibility index (Phi) is 4.76. The summed E-state index contributed by atoms with van der Waals surface area (Å²) in [5, 5.41) is -0.284. The predicted molar refractivity (Wildman–Crippen MR) is 91.2 cm³/mol. The Bertz CT molecular complexity index is 688. The third kappa shape index (κ3) is 3.62. The summed E-state index contributed by atoms with van der Waals surface area (Å²) in [5.41, 5.74) is 0.992. The lowest BCUT2D eigenvalue weighted by molar-refractivity contribution is -0.128. The fourth-order valence-corrected chi connectivity index (χ4v) is 3.56. The average Bonchev–Trinajstić information content (AvgIpc) is 2.59. The molecule has 0 unspecified atom stereocenters. The van der Waals surface area contributed by atoms with Crippen LogP contribution in [0.1, 0.15) is 10.8 Å². The number of nitrogens with zero attached hydrogens (tertiary/aromatic N) is 1. The van der Waals surface area contributed by atoms with E-state index >= 15 is 0 Å². The summed E-state index contributed by atoms with van der Waals surface area (Å²) in [6, 6.07) is 15.6. The second-order valence-electron chi connectivity index (χ2n) is 5.45. The topological polar surface area (TPSA) is 38.8 Å². The van der Waals surface area contributed by atoms with E-state index in [1.165, 1.54) is 11.8 Å². The number of benzene rings is 2. The number of amides is 1. The van der Waals surface area contributed by atoms with Crippen molar-refractivity contribution in [1.82, 2.24) is 4.90 Å². The molecule has 4 nitrogen and oxygen atoms in total. The van der Waals surface area contributed by atoms with Gasteiger partial charge in [0.25, 0.3) is 0 Å². The highest BCUT2D eigenvalue weighted by Gasteiger charge is 2.24. The fourth-order valence-electron chi connectivity index (χ4n) is 2.36. The van der Waals surface area contributed by atoms with E-state index in [0.717, 1.165) is 22.0 Å². The molecule has 0 fully saturated rings. The summed E-state index contributed by atoms with van der Waals surface area (Å²) < 4.78 is 11.2. The Morgan fingerprint density at radius 1 is 1.04 bits per heavy atom. The van der Waals surface area contributed by atoms with Crippen molar-refractivity contribution in [3.63, 3.8) is 0 Å². The first-order valence-corrected chi connectivity index (χ1v) is 8.35. The van der Waals surface area contributed by atoms with Crippen LogP contribution in [0.2, 0.25) is 0 Å². The third-order valence-corrected chi connectivity index (χ3v) is 4.77. The van der Waals surface area contributed by atoms with Gasteiger partial charge < -0.3 is 14.4 Å². The molecule has 2 aromatic carbocycles. The lowest BCUT2D eigenvalue weighted by Crippen LogP contribution is -2.26. The van der Waals surface area contributed by atoms with Crippen molar-refractivity contribution < 1.29 is 14.3 Å². The van der Waals surface area contributed by atoms with Gasteiger partial charge in [0.05, 0.1) is 0 Å². The molecule has 0 aliphatic carbocycles. The van der Waals surface area contributed by atoms with Crippen LogP contribution >= 0.6 is 11.8 Å². The molecular weight excluding hydrogens is 310 g/mol. The Balaban J connectivity index is 1.88. The summed E-state index contributed by atoms with van der Waals surface area (Å²) in [5.74, 6) is 1.57. The molecule has 0 saturated carbocycles. The Labute approximate surface area is 140 Å². The first kappa shape index (κ1) is 15.7. The van der Waals surface area contributed by atoms with Crippen LogP contribution in [-0.2, 0) is 4.79 Å². The lowest BCUT2D eigenvalue weighted by atomic mass is 10.1. The molecule has 0 saturated heterocycles. The van der Waals surface area contributed by atoms with E-state index in [-0.39, 0.29) is 11.2 Å². The van der Waals surface area contributed by atoms with Crippen molar-refractivity contribution in [2.75, 3.05) is 27.3 Å². The molecule has 5 heteroatoms. The normalized spacial score (nSPS) is 14.2. The van der Waals surface area contributed by atoms with Crippen molar-refractivity contribution in [3.8, 4) is 11.5 Å². The van der Waals surface area contributed by atoms with Gasteiger partial charge in [0.2, 0.25) is 5.91 Å². The SMILES string of the molecule is CN(C)C(=O)[C@@H](Sc1ccc2c(c1)OCCO2)c1ccccc1. The minimum atomic E-state index is -0.284. The van der Waals surface area contributed by atoms with Crippen molar-refractivity contribution >= 4 is 17.7 Å². The van der Waals surface area contributed by atoms with Gasteiger partial charge in [-0.3, -0.25) is 4.79 Å². The number of ether oxygens (including phenoxy) is 2. The smallest absolute Gasteiger partial charge is 0.240 e. The number of fused-ring (bicyclic) bond motifs is 1. The van der Waals surface area contributed by atoms with Crippen LogP contribution in [-0.4, -0.2) is 38.1 Å². The summed E-state index contributed by atoms with van der Waals surface area (Å²) >= 11 is 1.52. The second kappa shape index (κ2) is 6.96. The Morgan fingerprint density at radius 3 is 2.43 bits per heavy atom. The van der Waals surface area contributed by atoms with E-state index in [4.69, 9.17) is 9.47 Å². The minimum absolute atomic E-state index is 0.0658. The quantitative estimate of drug-likeness (QED) is 0.806. The molecule has 0 bridgehead atoms. The number of hydrogen-bond acceptors (Lipinski definition) is 4. The van der Waals surface area contributed by atoms with Gasteiger partial charge in [-0.05, 0) is 23.8 Å². The molecule has 1 amide bonds.